The minimum atomic E-state index is -1.33. The molecule has 0 spiro atoms. The number of nitrogens with one attached hydrogen (secondary N) is 2. The highest BCUT2D eigenvalue weighted by Crippen LogP contribution is 2.30. The number of nitrogens with zero attached hydrogens (tertiary/aromatic N) is 1. The minimum Gasteiger partial charge on any atom is -0.399 e. The van der Waals surface area contributed by atoms with Crippen molar-refractivity contribution in [2.45, 2.75) is 81.5 Å². The Hall–Kier alpha value is -0.910. The van der Waals surface area contributed by atoms with E-state index in [-0.39, 0.29) is 17.9 Å². The van der Waals surface area contributed by atoms with Gasteiger partial charge in [0.1, 0.15) is 37.0 Å². The maximum atomic E-state index is 13.0. The molecule has 10 heteroatoms. The van der Waals surface area contributed by atoms with Gasteiger partial charge in [-0.25, -0.2) is 0 Å². The van der Waals surface area contributed by atoms with E-state index in [0.717, 1.165) is 32.2 Å². The van der Waals surface area contributed by atoms with Gasteiger partial charge in [0, 0.05) is 6.21 Å². The Morgan fingerprint density at radius 3 is 2.70 bits per heavy atom. The third-order valence-corrected chi connectivity index (χ3v) is 6.79. The van der Waals surface area contributed by atoms with Crippen LogP contribution < -0.4 is 10.6 Å². The van der Waals surface area contributed by atoms with Crippen LogP contribution in [0.4, 0.5) is 0 Å². The smallest absolute Gasteiger partial charge is 0.237 e. The fourth-order valence-corrected chi connectivity index (χ4v) is 4.83. The van der Waals surface area contributed by atoms with E-state index in [0.29, 0.717) is 5.92 Å². The highest BCUT2D eigenvalue weighted by molar-refractivity contribution is 7.99. The Balaban J connectivity index is 2.00. The molecule has 9 nitrogen and oxygen atoms in total. The first-order valence-corrected chi connectivity index (χ1v) is 11.9. The SMILES string of the molecule is CO/N=C/CC[C@@H]1CCN[C@H](C(=O)N[C@H](C(C)C)[C@H]2O[C@H](SC)[C@H](O)[C@@H](O)[C@H]2O)C1. The fourth-order valence-electron chi connectivity index (χ4n) is 4.15. The number of hydrogen-bond acceptors (Lipinski definition) is 9. The first kappa shape index (κ1) is 25.4. The number of piperidine rings is 1. The highest BCUT2D eigenvalue weighted by atomic mass is 32.2. The van der Waals surface area contributed by atoms with Gasteiger partial charge in [0.15, 0.2) is 0 Å². The van der Waals surface area contributed by atoms with Gasteiger partial charge in [0.2, 0.25) is 5.91 Å². The van der Waals surface area contributed by atoms with Gasteiger partial charge in [-0.1, -0.05) is 19.0 Å². The molecule has 0 unspecified atom stereocenters. The number of aliphatic hydroxyl groups excluding tert-OH is 3. The molecule has 2 fully saturated rings. The monoisotopic (exact) mass is 447 g/mol. The van der Waals surface area contributed by atoms with Crippen LogP contribution in [0.1, 0.15) is 39.5 Å². The van der Waals surface area contributed by atoms with E-state index in [2.05, 4.69) is 20.6 Å². The lowest BCUT2D eigenvalue weighted by molar-refractivity contribution is -0.208. The number of thioether (sulfide) groups is 1. The van der Waals surface area contributed by atoms with E-state index >= 15 is 0 Å². The lowest BCUT2D eigenvalue weighted by Crippen LogP contribution is -2.65. The van der Waals surface area contributed by atoms with Gasteiger partial charge in [-0.15, -0.1) is 11.8 Å². The van der Waals surface area contributed by atoms with Crippen molar-refractivity contribution in [1.29, 1.82) is 0 Å². The van der Waals surface area contributed by atoms with Gasteiger partial charge in [-0.3, -0.25) is 4.79 Å². The summed E-state index contributed by atoms with van der Waals surface area (Å²) in [4.78, 5) is 17.7. The van der Waals surface area contributed by atoms with Gasteiger partial charge in [0.05, 0.1) is 12.1 Å². The number of aliphatic hydroxyl groups is 3. The summed E-state index contributed by atoms with van der Waals surface area (Å²) in [6.07, 6.45) is 2.37. The molecule has 0 aliphatic carbocycles. The number of carbonyl (C=O) groups excluding carboxylic acids is 1. The molecule has 0 aromatic carbocycles. The second-order valence-electron chi connectivity index (χ2n) is 8.40. The van der Waals surface area contributed by atoms with E-state index < -0.39 is 35.9 Å². The number of amides is 1. The second-order valence-corrected chi connectivity index (χ2v) is 9.34. The van der Waals surface area contributed by atoms with Crippen molar-refractivity contribution in [3.05, 3.63) is 0 Å². The molecule has 2 heterocycles. The van der Waals surface area contributed by atoms with E-state index in [1.807, 2.05) is 13.8 Å². The molecule has 2 aliphatic heterocycles. The van der Waals surface area contributed by atoms with Crippen LogP contribution in [0.25, 0.3) is 0 Å². The summed E-state index contributed by atoms with van der Waals surface area (Å²) in [5.74, 6) is 0.237. The van der Waals surface area contributed by atoms with Gasteiger partial charge in [0.25, 0.3) is 0 Å². The molecule has 8 atom stereocenters. The molecule has 0 saturated carbocycles. The Kier molecular flexibility index (Phi) is 10.3. The average molecular weight is 448 g/mol. The predicted molar refractivity (Wildman–Crippen MR) is 116 cm³/mol. The Morgan fingerprint density at radius 1 is 1.33 bits per heavy atom. The number of oxime groups is 1. The summed E-state index contributed by atoms with van der Waals surface area (Å²) in [7, 11) is 1.51. The Morgan fingerprint density at radius 2 is 2.07 bits per heavy atom. The van der Waals surface area contributed by atoms with Crippen molar-refractivity contribution >= 4 is 23.9 Å². The van der Waals surface area contributed by atoms with Crippen LogP contribution in [0, 0.1) is 11.8 Å². The van der Waals surface area contributed by atoms with Gasteiger partial charge in [-0.2, -0.15) is 0 Å². The molecule has 0 radical (unpaired) electrons. The van der Waals surface area contributed by atoms with Crippen LogP contribution in [-0.4, -0.2) is 89.3 Å². The summed E-state index contributed by atoms with van der Waals surface area (Å²) in [5.41, 5.74) is -0.669. The average Bonchev–Trinajstić information content (AvgIpc) is 2.74. The fraction of sp³-hybridized carbons (Fsp3) is 0.900. The van der Waals surface area contributed by atoms with E-state index in [1.54, 1.807) is 12.5 Å². The summed E-state index contributed by atoms with van der Waals surface area (Å²) >= 11 is 1.26. The summed E-state index contributed by atoms with van der Waals surface area (Å²) in [6.45, 7) is 4.62. The van der Waals surface area contributed by atoms with E-state index in [4.69, 9.17) is 4.74 Å². The third kappa shape index (κ3) is 6.54. The lowest BCUT2D eigenvalue weighted by Gasteiger charge is -2.44. The molecular weight excluding hydrogens is 410 g/mol. The van der Waals surface area contributed by atoms with Crippen molar-refractivity contribution in [3.63, 3.8) is 0 Å². The Bertz CT molecular complexity index is 565. The topological polar surface area (TPSA) is 133 Å². The molecule has 0 aromatic rings. The van der Waals surface area contributed by atoms with Crippen molar-refractivity contribution in [2.24, 2.45) is 17.0 Å². The largest absolute Gasteiger partial charge is 0.399 e. The maximum absolute atomic E-state index is 13.0. The van der Waals surface area contributed by atoms with Crippen molar-refractivity contribution in [1.82, 2.24) is 10.6 Å². The molecule has 1 amide bonds. The molecular formula is C20H37N3O6S. The van der Waals surface area contributed by atoms with Crippen LogP contribution in [0.3, 0.4) is 0 Å². The predicted octanol–water partition coefficient (Wildman–Crippen LogP) is 0.0784. The third-order valence-electron chi connectivity index (χ3n) is 5.93. The summed E-state index contributed by atoms with van der Waals surface area (Å²) in [5, 5.41) is 40.9. The molecule has 2 aliphatic rings. The van der Waals surface area contributed by atoms with Crippen molar-refractivity contribution in [3.8, 4) is 0 Å². The highest BCUT2D eigenvalue weighted by Gasteiger charge is 2.47. The molecule has 0 bridgehead atoms. The number of rotatable bonds is 9. The van der Waals surface area contributed by atoms with Gasteiger partial charge >= 0.3 is 0 Å². The van der Waals surface area contributed by atoms with Crippen LogP contribution in [-0.2, 0) is 14.4 Å². The zero-order valence-corrected chi connectivity index (χ0v) is 19.0. The van der Waals surface area contributed by atoms with Crippen LogP contribution in [0.5, 0.6) is 0 Å². The normalized spacial score (nSPS) is 36.1. The molecule has 5 N–H and O–H groups in total. The first-order chi connectivity index (χ1) is 14.3. The van der Waals surface area contributed by atoms with Crippen LogP contribution in [0.2, 0.25) is 0 Å². The quantitative estimate of drug-likeness (QED) is 0.248. The summed E-state index contributed by atoms with van der Waals surface area (Å²) in [6, 6.07) is -0.822. The minimum absolute atomic E-state index is 0.0387. The number of ether oxygens (including phenoxy) is 1. The molecule has 174 valence electrons. The van der Waals surface area contributed by atoms with Crippen molar-refractivity contribution in [2.75, 3.05) is 19.9 Å². The van der Waals surface area contributed by atoms with Gasteiger partial charge < -0.3 is 35.5 Å². The number of hydrogen-bond donors (Lipinski definition) is 5. The van der Waals surface area contributed by atoms with Crippen LogP contribution >= 0.6 is 11.8 Å². The second kappa shape index (κ2) is 12.2. The standard InChI is InChI=1S/C20H37N3O6S/c1-11(2)14(18-16(25)15(24)17(26)20(29-18)30-4)23-19(27)13-10-12(7-9-21-13)6-5-8-22-28-3/h8,11-18,20-21,24-26H,5-7,9-10H2,1-4H3,(H,23,27)/b22-8+/t12-,13+,14-,15+,16-,17-,18-,20-/m1/s1. The van der Waals surface area contributed by atoms with E-state index in [9.17, 15) is 20.1 Å². The Labute approximate surface area is 183 Å². The van der Waals surface area contributed by atoms with Crippen LogP contribution in [0.15, 0.2) is 5.16 Å². The molecule has 2 rings (SSSR count). The zero-order chi connectivity index (χ0) is 22.3. The lowest BCUT2D eigenvalue weighted by atomic mass is 9.86. The molecule has 2 saturated heterocycles. The first-order valence-electron chi connectivity index (χ1n) is 10.6. The number of carbonyl (C=O) groups is 1. The van der Waals surface area contributed by atoms with Crippen molar-refractivity contribution < 1.29 is 29.7 Å². The summed E-state index contributed by atoms with van der Waals surface area (Å²) < 4.78 is 5.88. The van der Waals surface area contributed by atoms with E-state index in [1.165, 1.54) is 18.9 Å². The molecule has 0 aromatic heterocycles. The van der Waals surface area contributed by atoms with Gasteiger partial charge in [-0.05, 0) is 50.3 Å². The maximum Gasteiger partial charge on any atom is 0.237 e. The zero-order valence-electron chi connectivity index (χ0n) is 18.2. The molecule has 30 heavy (non-hydrogen) atoms.